The number of aromatic nitrogens is 2. The quantitative estimate of drug-likeness (QED) is 0.815. The average molecular weight is 366 g/mol. The van der Waals surface area contributed by atoms with Crippen molar-refractivity contribution in [1.29, 1.82) is 0 Å². The highest BCUT2D eigenvalue weighted by Crippen LogP contribution is 2.24. The van der Waals surface area contributed by atoms with Crippen LogP contribution >= 0.6 is 0 Å². The van der Waals surface area contributed by atoms with E-state index in [2.05, 4.69) is 10.2 Å². The van der Waals surface area contributed by atoms with Crippen molar-refractivity contribution in [2.75, 3.05) is 38.2 Å². The lowest BCUT2D eigenvalue weighted by atomic mass is 10.3. The van der Waals surface area contributed by atoms with E-state index in [0.717, 1.165) is 17.6 Å². The number of anilines is 1. The molecule has 25 heavy (non-hydrogen) atoms. The van der Waals surface area contributed by atoms with Gasteiger partial charge in [0.05, 0.1) is 17.7 Å². The molecular formula is C16H19FN4O3S. The van der Waals surface area contributed by atoms with Gasteiger partial charge in [0.15, 0.2) is 17.4 Å². The summed E-state index contributed by atoms with van der Waals surface area (Å²) in [5.41, 5.74) is 0.825. The van der Waals surface area contributed by atoms with Gasteiger partial charge in [-0.05, 0) is 37.3 Å². The monoisotopic (exact) mass is 366 g/mol. The number of halogens is 1. The molecule has 134 valence electrons. The molecular weight excluding hydrogens is 347 g/mol. The van der Waals surface area contributed by atoms with Crippen LogP contribution in [0.4, 0.5) is 10.2 Å². The average Bonchev–Trinajstić information content (AvgIpc) is 2.62. The van der Waals surface area contributed by atoms with E-state index >= 15 is 0 Å². The fourth-order valence-corrected chi connectivity index (χ4v) is 4.11. The van der Waals surface area contributed by atoms with Crippen LogP contribution in [0.1, 0.15) is 5.69 Å². The largest absolute Gasteiger partial charge is 0.494 e. The van der Waals surface area contributed by atoms with Crippen LogP contribution in [0.25, 0.3) is 0 Å². The molecule has 1 aliphatic rings. The van der Waals surface area contributed by atoms with E-state index < -0.39 is 15.8 Å². The SMILES string of the molecule is COc1ccc(S(=O)(=O)N2CCN(c3ccc(C)nn3)CC2)cc1F. The van der Waals surface area contributed by atoms with E-state index in [1.165, 1.54) is 23.5 Å². The lowest BCUT2D eigenvalue weighted by Gasteiger charge is -2.34. The summed E-state index contributed by atoms with van der Waals surface area (Å²) in [6, 6.07) is 7.40. The third-order valence-electron chi connectivity index (χ3n) is 4.11. The Bertz CT molecular complexity index is 850. The molecule has 1 fully saturated rings. The number of ether oxygens (including phenoxy) is 1. The Morgan fingerprint density at radius 3 is 2.36 bits per heavy atom. The number of sulfonamides is 1. The molecule has 0 atom stereocenters. The van der Waals surface area contributed by atoms with Crippen LogP contribution < -0.4 is 9.64 Å². The molecule has 0 unspecified atom stereocenters. The molecule has 1 aromatic heterocycles. The smallest absolute Gasteiger partial charge is 0.243 e. The normalized spacial score (nSPS) is 16.0. The molecule has 1 aliphatic heterocycles. The minimum Gasteiger partial charge on any atom is -0.494 e. The molecule has 1 aromatic carbocycles. The number of piperazine rings is 1. The minimum atomic E-state index is -3.75. The molecule has 0 N–H and O–H groups in total. The highest BCUT2D eigenvalue weighted by atomic mass is 32.2. The first-order valence-electron chi connectivity index (χ1n) is 7.81. The minimum absolute atomic E-state index is 0.0155. The number of aryl methyl sites for hydroxylation is 1. The Balaban J connectivity index is 1.73. The van der Waals surface area contributed by atoms with Crippen LogP contribution in [0.3, 0.4) is 0 Å². The Morgan fingerprint density at radius 2 is 1.80 bits per heavy atom. The molecule has 0 radical (unpaired) electrons. The molecule has 1 saturated heterocycles. The van der Waals surface area contributed by atoms with Crippen molar-refractivity contribution < 1.29 is 17.5 Å². The van der Waals surface area contributed by atoms with E-state index in [9.17, 15) is 12.8 Å². The van der Waals surface area contributed by atoms with E-state index in [0.29, 0.717) is 26.2 Å². The first-order chi connectivity index (χ1) is 11.9. The molecule has 0 spiro atoms. The maximum Gasteiger partial charge on any atom is 0.243 e. The molecule has 0 amide bonds. The first-order valence-corrected chi connectivity index (χ1v) is 9.25. The third kappa shape index (κ3) is 3.57. The fourth-order valence-electron chi connectivity index (χ4n) is 2.67. The lowest BCUT2D eigenvalue weighted by molar-refractivity contribution is 0.379. The van der Waals surface area contributed by atoms with Gasteiger partial charge in [-0.25, -0.2) is 12.8 Å². The zero-order chi connectivity index (χ0) is 18.0. The number of hydrogen-bond donors (Lipinski definition) is 0. The van der Waals surface area contributed by atoms with Crippen molar-refractivity contribution in [2.45, 2.75) is 11.8 Å². The molecule has 0 bridgehead atoms. The molecule has 0 saturated carbocycles. The van der Waals surface area contributed by atoms with E-state index in [1.54, 1.807) is 0 Å². The maximum atomic E-state index is 13.8. The zero-order valence-electron chi connectivity index (χ0n) is 14.0. The summed E-state index contributed by atoms with van der Waals surface area (Å²) in [5.74, 6) is 0.0389. The topological polar surface area (TPSA) is 75.6 Å². The zero-order valence-corrected chi connectivity index (χ0v) is 14.8. The molecule has 2 aromatic rings. The molecule has 0 aliphatic carbocycles. The van der Waals surface area contributed by atoms with Gasteiger partial charge in [-0.3, -0.25) is 0 Å². The van der Waals surface area contributed by atoms with Crippen molar-refractivity contribution in [3.8, 4) is 5.75 Å². The van der Waals surface area contributed by atoms with Crippen LogP contribution in [-0.2, 0) is 10.0 Å². The first kappa shape index (κ1) is 17.6. The summed E-state index contributed by atoms with van der Waals surface area (Å²) in [7, 11) is -2.41. The highest BCUT2D eigenvalue weighted by Gasteiger charge is 2.29. The number of methoxy groups -OCH3 is 1. The fraction of sp³-hybridized carbons (Fsp3) is 0.375. The Labute approximate surface area is 146 Å². The predicted octanol–water partition coefficient (Wildman–Crippen LogP) is 1.44. The van der Waals surface area contributed by atoms with Gasteiger partial charge in [-0.1, -0.05) is 0 Å². The van der Waals surface area contributed by atoms with Gasteiger partial charge in [0.25, 0.3) is 0 Å². The van der Waals surface area contributed by atoms with Crippen LogP contribution in [0.2, 0.25) is 0 Å². The molecule has 9 heteroatoms. The van der Waals surface area contributed by atoms with E-state index in [1.807, 2.05) is 24.0 Å². The summed E-state index contributed by atoms with van der Waals surface area (Å²) in [4.78, 5) is 1.90. The summed E-state index contributed by atoms with van der Waals surface area (Å²) in [6.45, 7) is 3.44. The third-order valence-corrected chi connectivity index (χ3v) is 6.00. The Kier molecular flexibility index (Phi) is 4.87. The van der Waals surface area contributed by atoms with Gasteiger partial charge in [0.1, 0.15) is 0 Å². The standard InChI is InChI=1S/C16H19FN4O3S/c1-12-3-6-16(19-18-12)20-7-9-21(10-8-20)25(22,23)13-4-5-15(24-2)14(17)11-13/h3-6,11H,7-10H2,1-2H3. The second-order valence-corrected chi connectivity index (χ2v) is 7.66. The van der Waals surface area contributed by atoms with Gasteiger partial charge >= 0.3 is 0 Å². The Hall–Kier alpha value is -2.26. The molecule has 7 nitrogen and oxygen atoms in total. The number of benzene rings is 1. The maximum absolute atomic E-state index is 13.8. The summed E-state index contributed by atoms with van der Waals surface area (Å²) < 4.78 is 45.4. The van der Waals surface area contributed by atoms with Crippen molar-refractivity contribution >= 4 is 15.8 Å². The highest BCUT2D eigenvalue weighted by molar-refractivity contribution is 7.89. The van der Waals surface area contributed by atoms with Gasteiger partial charge in [0.2, 0.25) is 10.0 Å². The Morgan fingerprint density at radius 1 is 1.08 bits per heavy atom. The molecule has 3 rings (SSSR count). The predicted molar refractivity (Wildman–Crippen MR) is 90.7 cm³/mol. The second kappa shape index (κ2) is 6.93. The summed E-state index contributed by atoms with van der Waals surface area (Å²) in [6.07, 6.45) is 0. The second-order valence-electron chi connectivity index (χ2n) is 5.72. The van der Waals surface area contributed by atoms with Crippen LogP contribution in [0, 0.1) is 12.7 Å². The van der Waals surface area contributed by atoms with Crippen LogP contribution in [-0.4, -0.2) is 56.2 Å². The van der Waals surface area contributed by atoms with Crippen molar-refractivity contribution in [3.05, 3.63) is 41.8 Å². The van der Waals surface area contributed by atoms with E-state index in [4.69, 9.17) is 4.74 Å². The number of hydrogen-bond acceptors (Lipinski definition) is 6. The summed E-state index contributed by atoms with van der Waals surface area (Å²) in [5, 5.41) is 8.14. The summed E-state index contributed by atoms with van der Waals surface area (Å²) >= 11 is 0. The van der Waals surface area contributed by atoms with Crippen molar-refractivity contribution in [2.24, 2.45) is 0 Å². The number of rotatable bonds is 4. The molecule has 2 heterocycles. The van der Waals surface area contributed by atoms with Gasteiger partial charge in [-0.15, -0.1) is 5.10 Å². The van der Waals surface area contributed by atoms with Gasteiger partial charge < -0.3 is 9.64 Å². The van der Waals surface area contributed by atoms with Gasteiger partial charge in [0, 0.05) is 26.2 Å². The van der Waals surface area contributed by atoms with Crippen LogP contribution in [0.5, 0.6) is 5.75 Å². The van der Waals surface area contributed by atoms with Crippen molar-refractivity contribution in [3.63, 3.8) is 0 Å². The van der Waals surface area contributed by atoms with Gasteiger partial charge in [-0.2, -0.15) is 9.40 Å². The lowest BCUT2D eigenvalue weighted by Crippen LogP contribution is -2.49. The van der Waals surface area contributed by atoms with Crippen LogP contribution in [0.15, 0.2) is 35.2 Å². The van der Waals surface area contributed by atoms with Crippen molar-refractivity contribution in [1.82, 2.24) is 14.5 Å². The van der Waals surface area contributed by atoms with E-state index in [-0.39, 0.29) is 10.6 Å². The number of nitrogens with zero attached hydrogens (tertiary/aromatic N) is 4.